The van der Waals surface area contributed by atoms with E-state index in [-0.39, 0.29) is 5.92 Å². The molecule has 2 nitrogen and oxygen atoms in total. The van der Waals surface area contributed by atoms with Crippen LogP contribution in [0.5, 0.6) is 0 Å². The van der Waals surface area contributed by atoms with E-state index in [1.807, 2.05) is 11.4 Å². The lowest BCUT2D eigenvalue weighted by Crippen LogP contribution is -2.06. The number of thiophene rings is 1. The van der Waals surface area contributed by atoms with E-state index in [0.717, 1.165) is 18.4 Å². The summed E-state index contributed by atoms with van der Waals surface area (Å²) in [6.45, 7) is 0. The molecular formula is C8H8O2S. The summed E-state index contributed by atoms with van der Waals surface area (Å²) in [6.07, 6.45) is 1.74. The van der Waals surface area contributed by atoms with Gasteiger partial charge in [0.2, 0.25) is 0 Å². The van der Waals surface area contributed by atoms with E-state index >= 15 is 0 Å². The van der Waals surface area contributed by atoms with Gasteiger partial charge in [-0.1, -0.05) is 0 Å². The fraction of sp³-hybridized carbons (Fsp3) is 0.375. The fourth-order valence-electron chi connectivity index (χ4n) is 1.55. The van der Waals surface area contributed by atoms with Gasteiger partial charge in [-0.2, -0.15) is 0 Å². The van der Waals surface area contributed by atoms with Crippen LogP contribution in [0, 0.1) is 0 Å². The number of carboxylic acids is 1. The van der Waals surface area contributed by atoms with Crippen molar-refractivity contribution in [3.8, 4) is 0 Å². The van der Waals surface area contributed by atoms with Crippen molar-refractivity contribution in [3.05, 3.63) is 21.9 Å². The fourth-order valence-corrected chi connectivity index (χ4v) is 2.51. The highest BCUT2D eigenvalue weighted by Crippen LogP contribution is 2.36. The minimum atomic E-state index is -0.679. The van der Waals surface area contributed by atoms with Crippen molar-refractivity contribution in [2.45, 2.75) is 18.8 Å². The first-order valence-corrected chi connectivity index (χ1v) is 4.46. The molecular weight excluding hydrogens is 160 g/mol. The summed E-state index contributed by atoms with van der Waals surface area (Å²) >= 11 is 1.67. The van der Waals surface area contributed by atoms with Gasteiger partial charge in [-0.05, 0) is 29.9 Å². The van der Waals surface area contributed by atoms with Gasteiger partial charge in [-0.3, -0.25) is 4.79 Å². The summed E-state index contributed by atoms with van der Waals surface area (Å²) in [5.41, 5.74) is 1.04. The Balaban J connectivity index is 2.38. The summed E-state index contributed by atoms with van der Waals surface area (Å²) in [7, 11) is 0. The maximum Gasteiger partial charge on any atom is 0.311 e. The van der Waals surface area contributed by atoms with Crippen molar-refractivity contribution in [3.63, 3.8) is 0 Å². The van der Waals surface area contributed by atoms with Gasteiger partial charge in [0.05, 0.1) is 5.92 Å². The molecule has 1 unspecified atom stereocenters. The SMILES string of the molecule is O=C(O)C1CCc2sccc21. The van der Waals surface area contributed by atoms with E-state index < -0.39 is 5.97 Å². The van der Waals surface area contributed by atoms with Crippen LogP contribution in [0.15, 0.2) is 11.4 Å². The molecule has 0 aliphatic heterocycles. The minimum absolute atomic E-state index is 0.226. The average Bonchev–Trinajstić information content (AvgIpc) is 2.41. The number of rotatable bonds is 1. The van der Waals surface area contributed by atoms with Gasteiger partial charge < -0.3 is 5.11 Å². The number of carbonyl (C=O) groups is 1. The molecule has 1 heterocycles. The lowest BCUT2D eigenvalue weighted by molar-refractivity contribution is -0.138. The van der Waals surface area contributed by atoms with Crippen molar-refractivity contribution in [1.82, 2.24) is 0 Å². The Morgan fingerprint density at radius 2 is 2.55 bits per heavy atom. The van der Waals surface area contributed by atoms with Gasteiger partial charge in [0.15, 0.2) is 0 Å². The monoisotopic (exact) mass is 168 g/mol. The van der Waals surface area contributed by atoms with E-state index in [4.69, 9.17) is 5.11 Å². The van der Waals surface area contributed by atoms with E-state index in [0.29, 0.717) is 0 Å². The Morgan fingerprint density at radius 1 is 1.73 bits per heavy atom. The van der Waals surface area contributed by atoms with Crippen molar-refractivity contribution in [2.75, 3.05) is 0 Å². The van der Waals surface area contributed by atoms with Crippen LogP contribution in [0.3, 0.4) is 0 Å². The molecule has 1 aromatic rings. The Bertz CT molecular complexity index is 290. The lowest BCUT2D eigenvalue weighted by Gasteiger charge is -2.00. The lowest BCUT2D eigenvalue weighted by atomic mass is 10.1. The third-order valence-electron chi connectivity index (χ3n) is 2.11. The first kappa shape index (κ1) is 6.85. The van der Waals surface area contributed by atoms with Gasteiger partial charge in [0.25, 0.3) is 0 Å². The quantitative estimate of drug-likeness (QED) is 0.695. The van der Waals surface area contributed by atoms with Crippen molar-refractivity contribution in [2.24, 2.45) is 0 Å². The van der Waals surface area contributed by atoms with Crippen LogP contribution < -0.4 is 0 Å². The number of aliphatic carboxylic acids is 1. The number of aryl methyl sites for hydroxylation is 1. The molecule has 3 heteroatoms. The van der Waals surface area contributed by atoms with E-state index in [1.54, 1.807) is 11.3 Å². The summed E-state index contributed by atoms with van der Waals surface area (Å²) in [5, 5.41) is 10.8. The standard InChI is InChI=1S/C8H8O2S/c9-8(10)6-1-2-7-5(6)3-4-11-7/h3-4,6H,1-2H2,(H,9,10). The molecule has 0 radical (unpaired) electrons. The highest BCUT2D eigenvalue weighted by molar-refractivity contribution is 7.10. The molecule has 0 aromatic carbocycles. The molecule has 0 fully saturated rings. The normalized spacial score (nSPS) is 21.6. The Hall–Kier alpha value is -0.830. The molecule has 0 bridgehead atoms. The van der Waals surface area contributed by atoms with Gasteiger partial charge >= 0.3 is 5.97 Å². The number of hydrogen-bond donors (Lipinski definition) is 1. The predicted molar refractivity (Wildman–Crippen MR) is 43.0 cm³/mol. The topological polar surface area (TPSA) is 37.3 Å². The summed E-state index contributed by atoms with van der Waals surface area (Å²) in [4.78, 5) is 11.9. The molecule has 1 atom stereocenters. The van der Waals surface area contributed by atoms with Crippen molar-refractivity contribution >= 4 is 17.3 Å². The second kappa shape index (κ2) is 2.34. The first-order valence-electron chi connectivity index (χ1n) is 3.58. The van der Waals surface area contributed by atoms with Crippen LogP contribution in [0.2, 0.25) is 0 Å². The van der Waals surface area contributed by atoms with Crippen LogP contribution in [-0.4, -0.2) is 11.1 Å². The summed E-state index contributed by atoms with van der Waals surface area (Å²) < 4.78 is 0. The van der Waals surface area contributed by atoms with Crippen molar-refractivity contribution in [1.29, 1.82) is 0 Å². The van der Waals surface area contributed by atoms with Crippen LogP contribution in [0.25, 0.3) is 0 Å². The van der Waals surface area contributed by atoms with Gasteiger partial charge in [0.1, 0.15) is 0 Å². The second-order valence-electron chi connectivity index (χ2n) is 2.73. The maximum atomic E-state index is 10.7. The molecule has 1 aliphatic rings. The maximum absolute atomic E-state index is 10.7. The molecule has 1 aliphatic carbocycles. The molecule has 0 saturated carbocycles. The largest absolute Gasteiger partial charge is 0.481 e. The Morgan fingerprint density at radius 3 is 3.27 bits per heavy atom. The zero-order chi connectivity index (χ0) is 7.84. The first-order chi connectivity index (χ1) is 5.29. The van der Waals surface area contributed by atoms with Gasteiger partial charge in [-0.25, -0.2) is 0 Å². The van der Waals surface area contributed by atoms with E-state index in [2.05, 4.69) is 0 Å². The van der Waals surface area contributed by atoms with Crippen LogP contribution in [0.4, 0.5) is 0 Å². The van der Waals surface area contributed by atoms with Gasteiger partial charge in [0, 0.05) is 4.88 Å². The van der Waals surface area contributed by atoms with Crippen molar-refractivity contribution < 1.29 is 9.90 Å². The van der Waals surface area contributed by atoms with Crippen LogP contribution in [-0.2, 0) is 11.2 Å². The third kappa shape index (κ3) is 0.959. The predicted octanol–water partition coefficient (Wildman–Crippen LogP) is 1.86. The highest BCUT2D eigenvalue weighted by atomic mass is 32.1. The Kier molecular flexibility index (Phi) is 1.46. The molecule has 1 N–H and O–H groups in total. The number of fused-ring (bicyclic) bond motifs is 1. The van der Waals surface area contributed by atoms with Crippen LogP contribution >= 0.6 is 11.3 Å². The van der Waals surface area contributed by atoms with E-state index in [1.165, 1.54) is 4.88 Å². The molecule has 0 saturated heterocycles. The minimum Gasteiger partial charge on any atom is -0.481 e. The second-order valence-corrected chi connectivity index (χ2v) is 3.73. The molecule has 1 aromatic heterocycles. The number of hydrogen-bond acceptors (Lipinski definition) is 2. The number of carboxylic acid groups (broad SMARTS) is 1. The smallest absolute Gasteiger partial charge is 0.311 e. The molecule has 0 amide bonds. The van der Waals surface area contributed by atoms with E-state index in [9.17, 15) is 4.79 Å². The average molecular weight is 168 g/mol. The molecule has 58 valence electrons. The van der Waals surface area contributed by atoms with Crippen LogP contribution in [0.1, 0.15) is 22.8 Å². The third-order valence-corrected chi connectivity index (χ3v) is 3.11. The highest BCUT2D eigenvalue weighted by Gasteiger charge is 2.28. The summed E-state index contributed by atoms with van der Waals surface area (Å²) in [6, 6.07) is 1.94. The van der Waals surface area contributed by atoms with Gasteiger partial charge in [-0.15, -0.1) is 11.3 Å². The Labute approximate surface area is 68.5 Å². The molecule has 2 rings (SSSR count). The zero-order valence-corrected chi connectivity index (χ0v) is 6.73. The molecule has 0 spiro atoms. The summed E-state index contributed by atoms with van der Waals surface area (Å²) in [5.74, 6) is -0.904. The zero-order valence-electron chi connectivity index (χ0n) is 5.91. The molecule has 11 heavy (non-hydrogen) atoms.